The third-order valence-corrected chi connectivity index (χ3v) is 6.20. The number of aryl methyl sites for hydroxylation is 2. The maximum absolute atomic E-state index is 5.98. The second kappa shape index (κ2) is 7.42. The number of nitrogens with one attached hydrogen (secondary N) is 2. The fourth-order valence-electron chi connectivity index (χ4n) is 3.57. The van der Waals surface area contributed by atoms with Crippen LogP contribution < -0.4 is 15.4 Å². The molecule has 1 aromatic carbocycles. The normalized spacial score (nSPS) is 13.3. The molecule has 0 saturated heterocycles. The number of aromatic nitrogens is 3. The first kappa shape index (κ1) is 18.0. The van der Waals surface area contributed by atoms with Gasteiger partial charge in [0.2, 0.25) is 0 Å². The molecular weight excluding hydrogens is 382 g/mol. The van der Waals surface area contributed by atoms with Crippen molar-refractivity contribution >= 4 is 33.1 Å². The van der Waals surface area contributed by atoms with Gasteiger partial charge >= 0.3 is 0 Å². The molecule has 146 valence electrons. The first-order chi connectivity index (χ1) is 14.2. The topological polar surface area (TPSA) is 72.0 Å². The van der Waals surface area contributed by atoms with E-state index in [9.17, 15) is 0 Å². The predicted octanol–water partition coefficient (Wildman–Crippen LogP) is 4.88. The van der Waals surface area contributed by atoms with Crippen molar-refractivity contribution in [2.45, 2.75) is 26.8 Å². The molecule has 1 aliphatic rings. The lowest BCUT2D eigenvalue weighted by atomic mass is 10.1. The summed E-state index contributed by atoms with van der Waals surface area (Å²) in [4.78, 5) is 15.7. The van der Waals surface area contributed by atoms with Gasteiger partial charge in [-0.1, -0.05) is 0 Å². The summed E-state index contributed by atoms with van der Waals surface area (Å²) in [6, 6.07) is 9.94. The van der Waals surface area contributed by atoms with Crippen molar-refractivity contribution in [2.24, 2.45) is 0 Å². The summed E-state index contributed by atoms with van der Waals surface area (Å²) in [5.74, 6) is 2.41. The van der Waals surface area contributed by atoms with E-state index in [-0.39, 0.29) is 0 Å². The SMILES string of the molecule is Cc1ccc(Oc2ccc(Nc3ncnc4sc5c(c34)CCNC5)cc2C)cn1. The van der Waals surface area contributed by atoms with Crippen LogP contribution in [0.1, 0.15) is 21.7 Å². The maximum Gasteiger partial charge on any atom is 0.145 e. The predicted molar refractivity (Wildman–Crippen MR) is 116 cm³/mol. The van der Waals surface area contributed by atoms with Gasteiger partial charge in [0.05, 0.1) is 11.6 Å². The minimum absolute atomic E-state index is 0.732. The molecule has 0 radical (unpaired) electrons. The molecular formula is C22H21N5OS. The van der Waals surface area contributed by atoms with Gasteiger partial charge in [-0.25, -0.2) is 9.97 Å². The van der Waals surface area contributed by atoms with Gasteiger partial charge in [0.25, 0.3) is 0 Å². The molecule has 1 aliphatic heterocycles. The highest BCUT2D eigenvalue weighted by atomic mass is 32.1. The zero-order valence-electron chi connectivity index (χ0n) is 16.3. The van der Waals surface area contributed by atoms with E-state index >= 15 is 0 Å². The largest absolute Gasteiger partial charge is 0.455 e. The number of hydrogen-bond donors (Lipinski definition) is 2. The fraction of sp³-hybridized carbons (Fsp3) is 0.227. The Morgan fingerprint density at radius 3 is 2.86 bits per heavy atom. The second-order valence-corrected chi connectivity index (χ2v) is 8.26. The summed E-state index contributed by atoms with van der Waals surface area (Å²) in [6.45, 7) is 5.90. The van der Waals surface area contributed by atoms with Crippen LogP contribution in [0.4, 0.5) is 11.5 Å². The van der Waals surface area contributed by atoms with Crippen LogP contribution in [-0.4, -0.2) is 21.5 Å². The van der Waals surface area contributed by atoms with Crippen LogP contribution in [0.2, 0.25) is 0 Å². The molecule has 0 spiro atoms. The first-order valence-electron chi connectivity index (χ1n) is 9.61. The Balaban J connectivity index is 1.43. The van der Waals surface area contributed by atoms with Crippen LogP contribution in [0.15, 0.2) is 42.9 Å². The molecule has 7 heteroatoms. The van der Waals surface area contributed by atoms with E-state index in [0.717, 1.165) is 64.0 Å². The number of rotatable bonds is 4. The van der Waals surface area contributed by atoms with Crippen molar-refractivity contribution < 1.29 is 4.74 Å². The molecule has 3 aromatic heterocycles. The molecule has 0 atom stereocenters. The summed E-state index contributed by atoms with van der Waals surface area (Å²) in [6.07, 6.45) is 4.38. The molecule has 2 N–H and O–H groups in total. The van der Waals surface area contributed by atoms with Gasteiger partial charge in [-0.2, -0.15) is 0 Å². The number of thiophene rings is 1. The minimum atomic E-state index is 0.732. The van der Waals surface area contributed by atoms with Gasteiger partial charge in [0.1, 0.15) is 28.5 Å². The number of ether oxygens (including phenoxy) is 1. The standard InChI is InChI=1S/C22H21N5OS/c1-13-9-15(4-6-18(13)28-16-5-3-14(2)24-10-16)27-21-20-17-7-8-23-11-19(17)29-22(20)26-12-25-21/h3-6,9-10,12,23H,7-8,11H2,1-2H3,(H,25,26,27). The van der Waals surface area contributed by atoms with Crippen LogP contribution in [0.3, 0.4) is 0 Å². The molecule has 4 heterocycles. The van der Waals surface area contributed by atoms with Crippen molar-refractivity contribution in [3.63, 3.8) is 0 Å². The van der Waals surface area contributed by atoms with Crippen LogP contribution in [-0.2, 0) is 13.0 Å². The van der Waals surface area contributed by atoms with E-state index in [2.05, 4.69) is 31.7 Å². The van der Waals surface area contributed by atoms with E-state index < -0.39 is 0 Å². The average Bonchev–Trinajstić information content (AvgIpc) is 3.11. The number of hydrogen-bond acceptors (Lipinski definition) is 7. The van der Waals surface area contributed by atoms with Gasteiger partial charge in [-0.3, -0.25) is 4.98 Å². The van der Waals surface area contributed by atoms with Crippen molar-refractivity contribution in [3.05, 3.63) is 64.6 Å². The molecule has 5 rings (SSSR count). The van der Waals surface area contributed by atoms with E-state index in [1.807, 2.05) is 38.1 Å². The zero-order valence-corrected chi connectivity index (χ0v) is 17.1. The van der Waals surface area contributed by atoms with Gasteiger partial charge in [-0.15, -0.1) is 11.3 Å². The number of fused-ring (bicyclic) bond motifs is 3. The van der Waals surface area contributed by atoms with Crippen molar-refractivity contribution in [1.82, 2.24) is 20.3 Å². The summed E-state index contributed by atoms with van der Waals surface area (Å²) in [7, 11) is 0. The Kier molecular flexibility index (Phi) is 4.61. The highest BCUT2D eigenvalue weighted by Crippen LogP contribution is 2.37. The molecule has 4 aromatic rings. The van der Waals surface area contributed by atoms with E-state index in [1.54, 1.807) is 23.9 Å². The highest BCUT2D eigenvalue weighted by Gasteiger charge is 2.19. The lowest BCUT2D eigenvalue weighted by Gasteiger charge is -2.14. The number of benzene rings is 1. The summed E-state index contributed by atoms with van der Waals surface area (Å²) >= 11 is 1.75. The molecule has 0 unspecified atom stereocenters. The monoisotopic (exact) mass is 403 g/mol. The Bertz CT molecular complexity index is 1190. The molecule has 6 nitrogen and oxygen atoms in total. The Morgan fingerprint density at radius 1 is 1.10 bits per heavy atom. The molecule has 29 heavy (non-hydrogen) atoms. The number of pyridine rings is 1. The van der Waals surface area contributed by atoms with Gasteiger partial charge in [-0.05, 0) is 68.3 Å². The maximum atomic E-state index is 5.98. The lowest BCUT2D eigenvalue weighted by Crippen LogP contribution is -2.22. The lowest BCUT2D eigenvalue weighted by molar-refractivity contribution is 0.476. The molecule has 0 amide bonds. The summed E-state index contributed by atoms with van der Waals surface area (Å²) in [5.41, 5.74) is 4.36. The van der Waals surface area contributed by atoms with Gasteiger partial charge < -0.3 is 15.4 Å². The number of nitrogens with zero attached hydrogens (tertiary/aromatic N) is 3. The molecule has 0 aliphatic carbocycles. The fourth-order valence-corrected chi connectivity index (χ4v) is 4.73. The zero-order chi connectivity index (χ0) is 19.8. The van der Waals surface area contributed by atoms with Crippen molar-refractivity contribution in [3.8, 4) is 11.5 Å². The van der Waals surface area contributed by atoms with Crippen LogP contribution in [0, 0.1) is 13.8 Å². The molecule has 0 bridgehead atoms. The van der Waals surface area contributed by atoms with Crippen LogP contribution in [0.25, 0.3) is 10.2 Å². The molecule has 0 saturated carbocycles. The Morgan fingerprint density at radius 2 is 2.03 bits per heavy atom. The number of anilines is 2. The first-order valence-corrected chi connectivity index (χ1v) is 10.4. The second-order valence-electron chi connectivity index (χ2n) is 7.18. The summed E-state index contributed by atoms with van der Waals surface area (Å²) in [5, 5.41) is 8.07. The minimum Gasteiger partial charge on any atom is -0.455 e. The van der Waals surface area contributed by atoms with Crippen molar-refractivity contribution in [1.29, 1.82) is 0 Å². The van der Waals surface area contributed by atoms with E-state index in [1.165, 1.54) is 10.4 Å². The highest BCUT2D eigenvalue weighted by molar-refractivity contribution is 7.19. The van der Waals surface area contributed by atoms with Gasteiger partial charge in [0.15, 0.2) is 0 Å². The summed E-state index contributed by atoms with van der Waals surface area (Å²) < 4.78 is 5.98. The Labute approximate surface area is 173 Å². The van der Waals surface area contributed by atoms with E-state index in [4.69, 9.17) is 4.74 Å². The molecule has 0 fully saturated rings. The quantitative estimate of drug-likeness (QED) is 0.506. The average molecular weight is 404 g/mol. The third-order valence-electron chi connectivity index (χ3n) is 5.06. The smallest absolute Gasteiger partial charge is 0.145 e. The van der Waals surface area contributed by atoms with E-state index in [0.29, 0.717) is 0 Å². The Hall–Kier alpha value is -3.03. The van der Waals surface area contributed by atoms with Crippen molar-refractivity contribution in [2.75, 3.05) is 11.9 Å². The van der Waals surface area contributed by atoms with Crippen LogP contribution in [0.5, 0.6) is 11.5 Å². The van der Waals surface area contributed by atoms with Crippen LogP contribution >= 0.6 is 11.3 Å². The third kappa shape index (κ3) is 3.54. The van der Waals surface area contributed by atoms with Gasteiger partial charge in [0, 0.05) is 22.8 Å².